The highest BCUT2D eigenvalue weighted by Gasteiger charge is 2.18. The first-order valence-corrected chi connectivity index (χ1v) is 10.6. The first-order valence-electron chi connectivity index (χ1n) is 9.15. The zero-order valence-corrected chi connectivity index (χ0v) is 16.9. The molecular formula is C20H20N4O4S. The number of rotatable bonds is 4. The quantitative estimate of drug-likeness (QED) is 0.705. The van der Waals surface area contributed by atoms with Gasteiger partial charge in [0.05, 0.1) is 15.8 Å². The zero-order chi connectivity index (χ0) is 20.8. The summed E-state index contributed by atoms with van der Waals surface area (Å²) < 4.78 is 27.1. The third-order valence-electron chi connectivity index (χ3n) is 4.97. The van der Waals surface area contributed by atoms with Crippen LogP contribution in [0.3, 0.4) is 0 Å². The van der Waals surface area contributed by atoms with E-state index in [1.54, 1.807) is 22.8 Å². The molecule has 0 bridgehead atoms. The van der Waals surface area contributed by atoms with E-state index in [1.165, 1.54) is 38.4 Å². The lowest BCUT2D eigenvalue weighted by atomic mass is 10.1. The summed E-state index contributed by atoms with van der Waals surface area (Å²) >= 11 is 0. The average Bonchev–Trinajstić information content (AvgIpc) is 3.17. The average molecular weight is 412 g/mol. The molecule has 4 rings (SSSR count). The second-order valence-electron chi connectivity index (χ2n) is 7.09. The Labute approximate surface area is 167 Å². The van der Waals surface area contributed by atoms with Crippen LogP contribution in [0.15, 0.2) is 52.2 Å². The first kappa shape index (κ1) is 19.3. The Hall–Kier alpha value is -3.04. The maximum atomic E-state index is 12.6. The number of carbonyl (C=O) groups excluding carboxylic acids is 1. The van der Waals surface area contributed by atoms with Gasteiger partial charge in [-0.2, -0.15) is 0 Å². The fourth-order valence-corrected chi connectivity index (χ4v) is 4.25. The number of anilines is 1. The zero-order valence-electron chi connectivity index (χ0n) is 16.0. The molecular weight excluding hydrogens is 392 g/mol. The Morgan fingerprint density at radius 1 is 1.14 bits per heavy atom. The largest absolute Gasteiger partial charge is 0.322 e. The number of aromatic nitrogens is 2. The molecule has 2 aromatic carbocycles. The summed E-state index contributed by atoms with van der Waals surface area (Å²) in [7, 11) is -0.610. The molecule has 0 saturated heterocycles. The summed E-state index contributed by atoms with van der Waals surface area (Å²) in [5.74, 6) is 0.385. The van der Waals surface area contributed by atoms with Gasteiger partial charge in [0.25, 0.3) is 11.5 Å². The van der Waals surface area contributed by atoms with Gasteiger partial charge in [-0.05, 0) is 48.9 Å². The van der Waals surface area contributed by atoms with Gasteiger partial charge in [0.1, 0.15) is 5.82 Å². The highest BCUT2D eigenvalue weighted by molar-refractivity contribution is 7.89. The molecule has 8 nitrogen and oxygen atoms in total. The molecule has 29 heavy (non-hydrogen) atoms. The van der Waals surface area contributed by atoms with E-state index in [9.17, 15) is 18.0 Å². The molecule has 9 heteroatoms. The van der Waals surface area contributed by atoms with E-state index in [0.29, 0.717) is 28.7 Å². The first-order chi connectivity index (χ1) is 13.8. The van der Waals surface area contributed by atoms with Gasteiger partial charge in [-0.3, -0.25) is 14.2 Å². The normalized spacial score (nSPS) is 13.6. The molecule has 1 N–H and O–H groups in total. The Morgan fingerprint density at radius 3 is 2.55 bits per heavy atom. The van der Waals surface area contributed by atoms with E-state index in [-0.39, 0.29) is 16.4 Å². The predicted molar refractivity (Wildman–Crippen MR) is 110 cm³/mol. The van der Waals surface area contributed by atoms with Gasteiger partial charge in [-0.25, -0.2) is 17.7 Å². The van der Waals surface area contributed by atoms with Crippen molar-refractivity contribution in [3.8, 4) is 0 Å². The van der Waals surface area contributed by atoms with Crippen molar-refractivity contribution in [1.29, 1.82) is 0 Å². The summed E-state index contributed by atoms with van der Waals surface area (Å²) in [5, 5.41) is 3.23. The van der Waals surface area contributed by atoms with E-state index in [4.69, 9.17) is 0 Å². The molecule has 0 radical (unpaired) electrons. The van der Waals surface area contributed by atoms with Crippen molar-refractivity contribution in [3.63, 3.8) is 0 Å². The molecule has 0 fully saturated rings. The Balaban J connectivity index is 1.60. The minimum Gasteiger partial charge on any atom is -0.322 e. The van der Waals surface area contributed by atoms with Gasteiger partial charge in [0.2, 0.25) is 10.0 Å². The number of sulfonamides is 1. The number of hydrogen-bond acceptors (Lipinski definition) is 5. The van der Waals surface area contributed by atoms with Crippen LogP contribution in [0.1, 0.15) is 22.6 Å². The number of aryl methyl sites for hydroxylation is 1. The lowest BCUT2D eigenvalue weighted by molar-refractivity contribution is 0.102. The number of carbonyl (C=O) groups is 1. The van der Waals surface area contributed by atoms with Crippen molar-refractivity contribution >= 4 is 32.5 Å². The van der Waals surface area contributed by atoms with Gasteiger partial charge >= 0.3 is 0 Å². The van der Waals surface area contributed by atoms with Crippen LogP contribution in [-0.2, 0) is 23.0 Å². The van der Waals surface area contributed by atoms with Gasteiger partial charge < -0.3 is 5.32 Å². The smallest absolute Gasteiger partial charge is 0.261 e. The summed E-state index contributed by atoms with van der Waals surface area (Å²) in [4.78, 5) is 29.8. The van der Waals surface area contributed by atoms with E-state index < -0.39 is 10.0 Å². The van der Waals surface area contributed by atoms with E-state index in [0.717, 1.165) is 23.0 Å². The Morgan fingerprint density at radius 2 is 1.86 bits per heavy atom. The van der Waals surface area contributed by atoms with E-state index in [2.05, 4.69) is 10.3 Å². The molecule has 1 aromatic heterocycles. The molecule has 0 spiro atoms. The predicted octanol–water partition coefficient (Wildman–Crippen LogP) is 1.85. The van der Waals surface area contributed by atoms with Gasteiger partial charge in [-0.15, -0.1) is 0 Å². The second kappa shape index (κ2) is 7.09. The fourth-order valence-electron chi connectivity index (χ4n) is 3.35. The molecule has 0 saturated carbocycles. The fraction of sp³-hybridized carbons (Fsp3) is 0.250. The van der Waals surface area contributed by atoms with Crippen LogP contribution >= 0.6 is 0 Å². The Bertz CT molecular complexity index is 1280. The maximum Gasteiger partial charge on any atom is 0.261 e. The van der Waals surface area contributed by atoms with Gasteiger partial charge in [0, 0.05) is 38.3 Å². The lowest BCUT2D eigenvalue weighted by Crippen LogP contribution is -2.22. The monoisotopic (exact) mass is 412 g/mol. The number of nitrogens with one attached hydrogen (secondary N) is 1. The van der Waals surface area contributed by atoms with Crippen LogP contribution in [0.5, 0.6) is 0 Å². The standard InChI is InChI=1S/C20H20N4O4S/c1-23(2)29(27,28)15-8-6-14(7-9-15)21-19(25)13-5-10-16-17(12-13)22-18-4-3-11-24(18)20(16)26/h5-10,12H,3-4,11H2,1-2H3,(H,21,25). The van der Waals surface area contributed by atoms with Crippen molar-refractivity contribution in [1.82, 2.24) is 13.9 Å². The second-order valence-corrected chi connectivity index (χ2v) is 9.24. The minimum absolute atomic E-state index is 0.0767. The summed E-state index contributed by atoms with van der Waals surface area (Å²) in [6.07, 6.45) is 1.65. The maximum absolute atomic E-state index is 12.6. The van der Waals surface area contributed by atoms with Crippen LogP contribution in [0.25, 0.3) is 10.9 Å². The van der Waals surface area contributed by atoms with Crippen LogP contribution in [0, 0.1) is 0 Å². The topological polar surface area (TPSA) is 101 Å². The molecule has 0 aliphatic carbocycles. The van der Waals surface area contributed by atoms with E-state index in [1.807, 2.05) is 0 Å². The van der Waals surface area contributed by atoms with E-state index >= 15 is 0 Å². The van der Waals surface area contributed by atoms with Crippen molar-refractivity contribution in [2.24, 2.45) is 0 Å². The number of nitrogens with zero attached hydrogens (tertiary/aromatic N) is 3. The number of benzene rings is 2. The van der Waals surface area contributed by atoms with Crippen LogP contribution in [-0.4, -0.2) is 42.3 Å². The highest BCUT2D eigenvalue weighted by atomic mass is 32.2. The van der Waals surface area contributed by atoms with Crippen LogP contribution in [0.2, 0.25) is 0 Å². The molecule has 1 amide bonds. The van der Waals surface area contributed by atoms with Crippen molar-refractivity contribution in [2.45, 2.75) is 24.3 Å². The van der Waals surface area contributed by atoms with Crippen LogP contribution in [0.4, 0.5) is 5.69 Å². The molecule has 2 heterocycles. The third kappa shape index (κ3) is 3.43. The number of fused-ring (bicyclic) bond motifs is 2. The Kier molecular flexibility index (Phi) is 4.71. The minimum atomic E-state index is -3.53. The summed E-state index contributed by atoms with van der Waals surface area (Å²) in [6.45, 7) is 0.679. The molecule has 3 aromatic rings. The number of amides is 1. The molecule has 150 valence electrons. The van der Waals surface area contributed by atoms with Crippen molar-refractivity contribution in [2.75, 3.05) is 19.4 Å². The summed E-state index contributed by atoms with van der Waals surface area (Å²) in [6, 6.07) is 10.8. The van der Waals surface area contributed by atoms with Crippen molar-refractivity contribution < 1.29 is 13.2 Å². The molecule has 0 unspecified atom stereocenters. The third-order valence-corrected chi connectivity index (χ3v) is 6.80. The van der Waals surface area contributed by atoms with Crippen LogP contribution < -0.4 is 10.9 Å². The summed E-state index contributed by atoms with van der Waals surface area (Å²) in [5.41, 5.74) is 1.27. The SMILES string of the molecule is CN(C)S(=O)(=O)c1ccc(NC(=O)c2ccc3c(=O)n4c(nc3c2)CCC4)cc1. The highest BCUT2D eigenvalue weighted by Crippen LogP contribution is 2.19. The lowest BCUT2D eigenvalue weighted by Gasteiger charge is -2.12. The van der Waals surface area contributed by atoms with Crippen molar-refractivity contribution in [3.05, 3.63) is 64.2 Å². The number of hydrogen-bond donors (Lipinski definition) is 1. The molecule has 1 aliphatic heterocycles. The van der Waals surface area contributed by atoms with Gasteiger partial charge in [0.15, 0.2) is 0 Å². The van der Waals surface area contributed by atoms with Gasteiger partial charge in [-0.1, -0.05) is 0 Å². The molecule has 1 aliphatic rings. The molecule has 0 atom stereocenters.